The number of imide groups is 2. The summed E-state index contributed by atoms with van der Waals surface area (Å²) in [5.74, 6) is -0.492. The van der Waals surface area contributed by atoms with E-state index in [1.54, 1.807) is 36.4 Å². The smallest absolute Gasteiger partial charge is 0.335 e. The molecule has 0 aliphatic carbocycles. The topological polar surface area (TPSA) is 84.9 Å². The molecule has 4 amide bonds. The fourth-order valence-corrected chi connectivity index (χ4v) is 4.18. The third-order valence-electron chi connectivity index (χ3n) is 5.53. The van der Waals surface area contributed by atoms with E-state index in [0.29, 0.717) is 40.4 Å². The number of amides is 4. The fourth-order valence-electron chi connectivity index (χ4n) is 3.75. The zero-order chi connectivity index (χ0) is 25.8. The normalized spacial score (nSPS) is 14.7. The summed E-state index contributed by atoms with van der Waals surface area (Å²) < 4.78 is 12.4. The van der Waals surface area contributed by atoms with Crippen LogP contribution in [-0.2, 0) is 16.2 Å². The van der Waals surface area contributed by atoms with E-state index in [1.807, 2.05) is 45.0 Å². The summed E-state index contributed by atoms with van der Waals surface area (Å²) >= 11 is 3.51. The molecule has 36 heavy (non-hydrogen) atoms. The number of hydrogen-bond acceptors (Lipinski definition) is 5. The second-order valence-corrected chi connectivity index (χ2v) is 9.18. The molecule has 0 unspecified atom stereocenters. The summed E-state index contributed by atoms with van der Waals surface area (Å²) in [5.41, 5.74) is 3.86. The number of halogens is 1. The van der Waals surface area contributed by atoms with Gasteiger partial charge in [-0.3, -0.25) is 14.9 Å². The molecule has 3 aromatic carbocycles. The van der Waals surface area contributed by atoms with Gasteiger partial charge in [-0.05, 0) is 62.2 Å². The number of carbonyl (C=O) groups is 3. The van der Waals surface area contributed by atoms with Crippen LogP contribution in [0.15, 0.2) is 70.7 Å². The van der Waals surface area contributed by atoms with Gasteiger partial charge in [0.1, 0.15) is 12.2 Å². The second-order valence-electron chi connectivity index (χ2n) is 8.32. The lowest BCUT2D eigenvalue weighted by Gasteiger charge is -2.26. The molecule has 0 atom stereocenters. The van der Waals surface area contributed by atoms with Crippen LogP contribution >= 0.6 is 15.9 Å². The van der Waals surface area contributed by atoms with Gasteiger partial charge in [-0.2, -0.15) is 0 Å². The Hall–Kier alpha value is -3.91. The minimum Gasteiger partial charge on any atom is -0.490 e. The number of anilines is 1. The Morgan fingerprint density at radius 1 is 0.917 bits per heavy atom. The summed E-state index contributed by atoms with van der Waals surface area (Å²) in [6, 6.07) is 17.5. The minimum atomic E-state index is -0.792. The fraction of sp³-hybridized carbons (Fsp3) is 0.179. The van der Waals surface area contributed by atoms with Crippen LogP contribution in [0.3, 0.4) is 0 Å². The highest BCUT2D eigenvalue weighted by molar-refractivity contribution is 9.10. The van der Waals surface area contributed by atoms with E-state index < -0.39 is 17.8 Å². The third kappa shape index (κ3) is 5.49. The molecule has 4 rings (SSSR count). The number of nitrogens with one attached hydrogen (secondary N) is 1. The third-order valence-corrected chi connectivity index (χ3v) is 6.22. The Kier molecular flexibility index (Phi) is 7.55. The first-order chi connectivity index (χ1) is 17.3. The molecule has 0 aromatic heterocycles. The van der Waals surface area contributed by atoms with Gasteiger partial charge >= 0.3 is 6.03 Å². The van der Waals surface area contributed by atoms with Crippen LogP contribution in [0.1, 0.15) is 29.2 Å². The average molecular weight is 549 g/mol. The number of aryl methyl sites for hydroxylation is 2. The first-order valence-electron chi connectivity index (χ1n) is 11.4. The van der Waals surface area contributed by atoms with Crippen molar-refractivity contribution < 1.29 is 23.9 Å². The van der Waals surface area contributed by atoms with Crippen molar-refractivity contribution in [2.75, 3.05) is 11.5 Å². The maximum Gasteiger partial charge on any atom is 0.335 e. The van der Waals surface area contributed by atoms with Crippen LogP contribution in [0.5, 0.6) is 11.5 Å². The summed E-state index contributed by atoms with van der Waals surface area (Å²) in [4.78, 5) is 39.2. The van der Waals surface area contributed by atoms with E-state index >= 15 is 0 Å². The van der Waals surface area contributed by atoms with E-state index in [-0.39, 0.29) is 5.57 Å². The monoisotopic (exact) mass is 548 g/mol. The summed E-state index contributed by atoms with van der Waals surface area (Å²) in [6.45, 7) is 6.52. The average Bonchev–Trinajstić information content (AvgIpc) is 2.83. The van der Waals surface area contributed by atoms with Gasteiger partial charge in [0, 0.05) is 4.47 Å². The van der Waals surface area contributed by atoms with Crippen molar-refractivity contribution >= 4 is 45.5 Å². The lowest BCUT2D eigenvalue weighted by atomic mass is 10.1. The Labute approximate surface area is 217 Å². The second kappa shape index (κ2) is 10.8. The van der Waals surface area contributed by atoms with Crippen LogP contribution in [0.4, 0.5) is 10.5 Å². The summed E-state index contributed by atoms with van der Waals surface area (Å²) in [7, 11) is 0. The van der Waals surface area contributed by atoms with Gasteiger partial charge in [-0.15, -0.1) is 0 Å². The van der Waals surface area contributed by atoms with Crippen LogP contribution < -0.4 is 19.7 Å². The number of rotatable bonds is 7. The van der Waals surface area contributed by atoms with Crippen molar-refractivity contribution in [3.8, 4) is 11.5 Å². The van der Waals surface area contributed by atoms with Crippen LogP contribution in [0.25, 0.3) is 6.08 Å². The number of benzene rings is 3. The van der Waals surface area contributed by atoms with E-state index in [4.69, 9.17) is 9.47 Å². The maximum atomic E-state index is 13.2. The molecule has 0 radical (unpaired) electrons. The SMILES string of the molecule is CCOc1cc(/C=C2\C(=O)NC(=O)N(c3ccc(C)cc3)C2=O)c(Br)cc1OCc1cccc(C)c1. The van der Waals surface area contributed by atoms with Gasteiger partial charge < -0.3 is 9.47 Å². The van der Waals surface area contributed by atoms with Crippen LogP contribution in [-0.4, -0.2) is 24.5 Å². The van der Waals surface area contributed by atoms with Crippen molar-refractivity contribution in [2.45, 2.75) is 27.4 Å². The van der Waals surface area contributed by atoms with Crippen molar-refractivity contribution in [1.82, 2.24) is 5.32 Å². The van der Waals surface area contributed by atoms with Crippen LogP contribution in [0.2, 0.25) is 0 Å². The van der Waals surface area contributed by atoms with Crippen molar-refractivity contribution in [2.24, 2.45) is 0 Å². The van der Waals surface area contributed by atoms with E-state index in [0.717, 1.165) is 21.6 Å². The number of ether oxygens (including phenoxy) is 2. The van der Waals surface area contributed by atoms with Gasteiger partial charge in [0.2, 0.25) is 0 Å². The van der Waals surface area contributed by atoms with Crippen LogP contribution in [0, 0.1) is 13.8 Å². The number of barbiturate groups is 1. The molecule has 3 aromatic rings. The lowest BCUT2D eigenvalue weighted by molar-refractivity contribution is -0.122. The summed E-state index contributed by atoms with van der Waals surface area (Å²) in [5, 5.41) is 2.24. The lowest BCUT2D eigenvalue weighted by Crippen LogP contribution is -2.54. The van der Waals surface area contributed by atoms with Crippen molar-refractivity contribution in [3.05, 3.63) is 93.0 Å². The molecule has 1 aliphatic rings. The zero-order valence-electron chi connectivity index (χ0n) is 20.1. The Balaban J connectivity index is 1.66. The van der Waals surface area contributed by atoms with Crippen molar-refractivity contribution in [3.63, 3.8) is 0 Å². The molecule has 0 saturated carbocycles. The molecule has 1 aliphatic heterocycles. The minimum absolute atomic E-state index is 0.174. The molecular weight excluding hydrogens is 524 g/mol. The quantitative estimate of drug-likeness (QED) is 0.302. The highest BCUT2D eigenvalue weighted by Gasteiger charge is 2.37. The van der Waals surface area contributed by atoms with E-state index in [9.17, 15) is 14.4 Å². The first kappa shape index (κ1) is 25.2. The molecule has 7 nitrogen and oxygen atoms in total. The molecule has 0 bridgehead atoms. The van der Waals surface area contributed by atoms with Gasteiger partial charge in [0.25, 0.3) is 11.8 Å². The Morgan fingerprint density at radius 2 is 1.64 bits per heavy atom. The number of carbonyl (C=O) groups excluding carboxylic acids is 3. The van der Waals surface area contributed by atoms with Gasteiger partial charge in [-0.25, -0.2) is 9.69 Å². The standard InChI is InChI=1S/C28H25BrN2O5/c1-4-35-24-14-20(23(29)15-25(24)36-16-19-7-5-6-18(3)12-19)13-22-26(32)30-28(34)31(27(22)33)21-10-8-17(2)9-11-21/h5-15H,4,16H2,1-3H3,(H,30,32,34)/b22-13+. The molecule has 1 saturated heterocycles. The van der Waals surface area contributed by atoms with Gasteiger partial charge in [-0.1, -0.05) is 63.5 Å². The number of urea groups is 1. The Bertz CT molecular complexity index is 1360. The molecule has 1 heterocycles. The zero-order valence-corrected chi connectivity index (χ0v) is 21.7. The van der Waals surface area contributed by atoms with Gasteiger partial charge in [0.05, 0.1) is 12.3 Å². The molecule has 1 fully saturated rings. The summed E-state index contributed by atoms with van der Waals surface area (Å²) in [6.07, 6.45) is 1.43. The Morgan fingerprint density at radius 3 is 2.33 bits per heavy atom. The number of nitrogens with zero attached hydrogens (tertiary/aromatic N) is 1. The molecule has 8 heteroatoms. The van der Waals surface area contributed by atoms with Gasteiger partial charge in [0.15, 0.2) is 11.5 Å². The van der Waals surface area contributed by atoms with Crippen molar-refractivity contribution in [1.29, 1.82) is 0 Å². The first-order valence-corrected chi connectivity index (χ1v) is 12.2. The molecule has 0 spiro atoms. The molecular formula is C28H25BrN2O5. The maximum absolute atomic E-state index is 13.2. The predicted molar refractivity (Wildman–Crippen MR) is 141 cm³/mol. The molecule has 1 N–H and O–H groups in total. The predicted octanol–water partition coefficient (Wildman–Crippen LogP) is 5.71. The highest BCUT2D eigenvalue weighted by atomic mass is 79.9. The highest BCUT2D eigenvalue weighted by Crippen LogP contribution is 2.36. The molecule has 184 valence electrons. The van der Waals surface area contributed by atoms with E-state index in [1.165, 1.54) is 6.08 Å². The van der Waals surface area contributed by atoms with E-state index in [2.05, 4.69) is 21.2 Å². The largest absolute Gasteiger partial charge is 0.490 e. The number of hydrogen-bond donors (Lipinski definition) is 1.